The lowest BCUT2D eigenvalue weighted by Crippen LogP contribution is -2.56. The molecule has 0 N–H and O–H groups in total. The van der Waals surface area contributed by atoms with Gasteiger partial charge in [0.2, 0.25) is 0 Å². The average Bonchev–Trinajstić information content (AvgIpc) is 2.95. The molecule has 42 heavy (non-hydrogen) atoms. The Labute approximate surface area is 263 Å². The molecule has 234 valence electrons. The highest BCUT2D eigenvalue weighted by Crippen LogP contribution is 2.44. The molecule has 0 spiro atoms. The van der Waals surface area contributed by atoms with Crippen LogP contribution in [-0.4, -0.2) is 73.4 Å². The largest absolute Gasteiger partial charge is 0.358 e. The number of rotatable bonds is 5. The van der Waals surface area contributed by atoms with Gasteiger partial charge in [0.1, 0.15) is 11.7 Å². The van der Waals surface area contributed by atoms with Crippen molar-refractivity contribution in [1.29, 1.82) is 0 Å². The molecule has 4 aliphatic rings. The number of hydrogen-bond acceptors (Lipinski definition) is 2. The van der Waals surface area contributed by atoms with Crippen LogP contribution in [0.5, 0.6) is 0 Å². The smallest absolute Gasteiger partial charge is 0.103 e. The van der Waals surface area contributed by atoms with Gasteiger partial charge in [-0.05, 0) is 106 Å². The van der Waals surface area contributed by atoms with Crippen LogP contribution in [-0.2, 0) is 0 Å². The van der Waals surface area contributed by atoms with E-state index in [1.165, 1.54) is 88.7 Å². The van der Waals surface area contributed by atoms with Crippen LogP contribution in [0, 0.1) is 23.7 Å². The van der Waals surface area contributed by atoms with E-state index < -0.39 is 0 Å². The first-order valence-electron chi connectivity index (χ1n) is 18.1. The highest BCUT2D eigenvalue weighted by Gasteiger charge is 2.43. The Bertz CT molecular complexity index is 909. The van der Waals surface area contributed by atoms with Gasteiger partial charge in [-0.2, -0.15) is 0 Å². The Morgan fingerprint density at radius 3 is 2.00 bits per heavy atom. The van der Waals surface area contributed by atoms with Crippen molar-refractivity contribution in [3.8, 4) is 0 Å². The first-order chi connectivity index (χ1) is 19.8. The second-order valence-electron chi connectivity index (χ2n) is 16.3. The Kier molecular flexibility index (Phi) is 12.0. The summed E-state index contributed by atoms with van der Waals surface area (Å²) in [6.45, 7) is 19.8. The van der Waals surface area contributed by atoms with E-state index in [1.807, 2.05) is 0 Å². The highest BCUT2D eigenvalue weighted by atomic mass is 15.3. The third kappa shape index (κ3) is 8.83. The summed E-state index contributed by atoms with van der Waals surface area (Å²) in [5.41, 5.74) is -0.0838. The predicted octanol–water partition coefficient (Wildman–Crippen LogP) is 8.65. The first kappa shape index (κ1) is 34.0. The van der Waals surface area contributed by atoms with E-state index in [0.29, 0.717) is 47.5 Å². The van der Waals surface area contributed by atoms with Crippen LogP contribution < -0.4 is 0 Å². The average molecular weight is 575 g/mol. The molecule has 0 amide bonds. The van der Waals surface area contributed by atoms with E-state index in [1.54, 1.807) is 0 Å². The molecule has 8 atom stereocenters. The number of fused-ring (bicyclic) bond motifs is 2. The summed E-state index contributed by atoms with van der Waals surface area (Å²) >= 11 is 0. The molecule has 2 saturated carbocycles. The highest BCUT2D eigenvalue weighted by molar-refractivity contribution is 6.11. The number of likely N-dealkylation sites (tertiary alicyclic amines) is 2. The van der Waals surface area contributed by atoms with E-state index in [0.717, 1.165) is 25.3 Å². The van der Waals surface area contributed by atoms with Gasteiger partial charge in [0.05, 0.1) is 27.3 Å². The molecule has 2 saturated heterocycles. The molecular formula is C36H64B2N4. The van der Waals surface area contributed by atoms with Gasteiger partial charge >= 0.3 is 0 Å². The first-order valence-corrected chi connectivity index (χ1v) is 18.1. The fraction of sp³-hybridized carbons (Fsp3) is 0.944. The van der Waals surface area contributed by atoms with Gasteiger partial charge in [0.15, 0.2) is 0 Å². The monoisotopic (exact) mass is 575 g/mol. The van der Waals surface area contributed by atoms with Gasteiger partial charge in [-0.3, -0.25) is 9.98 Å². The topological polar surface area (TPSA) is 31.2 Å². The number of amidine groups is 2. The van der Waals surface area contributed by atoms with Gasteiger partial charge in [0, 0.05) is 36.5 Å². The number of hydrogen-bond donors (Lipinski definition) is 0. The molecule has 4 rings (SSSR count). The predicted molar refractivity (Wildman–Crippen MR) is 184 cm³/mol. The van der Waals surface area contributed by atoms with Crippen LogP contribution >= 0.6 is 0 Å². The summed E-state index contributed by atoms with van der Waals surface area (Å²) in [7, 11) is 13.2. The lowest BCUT2D eigenvalue weighted by molar-refractivity contribution is 0.125. The second kappa shape index (κ2) is 14.9. The number of nitrogens with zero attached hydrogens (tertiary/aromatic N) is 4. The molecular weight excluding hydrogens is 510 g/mol. The lowest BCUT2D eigenvalue weighted by atomic mass is 9.66. The third-order valence-corrected chi connectivity index (χ3v) is 10.9. The van der Waals surface area contributed by atoms with Gasteiger partial charge in [-0.25, -0.2) is 0 Å². The van der Waals surface area contributed by atoms with Crippen molar-refractivity contribution in [2.75, 3.05) is 6.54 Å². The van der Waals surface area contributed by atoms with E-state index in [2.05, 4.69) is 65.2 Å². The minimum Gasteiger partial charge on any atom is -0.358 e. The lowest BCUT2D eigenvalue weighted by Gasteiger charge is -2.51. The van der Waals surface area contributed by atoms with E-state index >= 15 is 0 Å². The van der Waals surface area contributed by atoms with Crippen LogP contribution in [0.3, 0.4) is 0 Å². The summed E-state index contributed by atoms with van der Waals surface area (Å²) in [4.78, 5) is 16.6. The normalized spacial score (nSPS) is 36.6. The zero-order valence-electron chi connectivity index (χ0n) is 28.8. The third-order valence-electron chi connectivity index (χ3n) is 10.9. The van der Waals surface area contributed by atoms with Crippen molar-refractivity contribution < 1.29 is 0 Å². The van der Waals surface area contributed by atoms with E-state index in [9.17, 15) is 0 Å². The molecule has 4 nitrogen and oxygen atoms in total. The second-order valence-corrected chi connectivity index (χ2v) is 16.3. The fourth-order valence-electron chi connectivity index (χ4n) is 9.01. The van der Waals surface area contributed by atoms with E-state index in [4.69, 9.17) is 25.7 Å². The number of piperidine rings is 2. The SMILES string of the molecule is [B]C1CCCC2CCN(C(C)C)C(=NC(C)CC3CC4CC([B])CCCCC4C(=NC(C)(C)C)N3C(C)C)C2CCC1. The Balaban J connectivity index is 1.64. The molecule has 0 aromatic heterocycles. The maximum Gasteiger partial charge on any atom is 0.103 e. The molecule has 4 fully saturated rings. The Morgan fingerprint density at radius 1 is 0.714 bits per heavy atom. The maximum atomic E-state index is 6.71. The molecule has 8 unspecified atom stereocenters. The van der Waals surface area contributed by atoms with Crippen LogP contribution in [0.2, 0.25) is 11.6 Å². The van der Waals surface area contributed by atoms with Crippen molar-refractivity contribution in [3.05, 3.63) is 0 Å². The standard InChI is InChI=1S/C36H64B2N4/c1-24(2)41-20-19-27-13-11-15-29(37)16-12-18-32(27)34(41)39-26(5)21-31-23-28-22-30(38)14-9-10-17-33(28)35(40-36(6,7)8)42(31)25(3)4/h24-33H,9-23H2,1-8H3. The quantitative estimate of drug-likeness (QED) is 0.308. The Hall–Kier alpha value is -0.930. The summed E-state index contributed by atoms with van der Waals surface area (Å²) in [5, 5.41) is 0. The van der Waals surface area contributed by atoms with Crippen LogP contribution in [0.15, 0.2) is 9.98 Å². The molecule has 2 aliphatic carbocycles. The number of aliphatic imine (C=N–C) groups is 2. The molecule has 4 radical (unpaired) electrons. The van der Waals surface area contributed by atoms with Crippen molar-refractivity contribution in [2.24, 2.45) is 33.7 Å². The fourth-order valence-corrected chi connectivity index (χ4v) is 9.01. The minimum atomic E-state index is -0.0838. The summed E-state index contributed by atoms with van der Waals surface area (Å²) in [5.74, 6) is 6.03. The van der Waals surface area contributed by atoms with Crippen molar-refractivity contribution in [2.45, 2.75) is 187 Å². The minimum absolute atomic E-state index is 0.0838. The molecule has 2 heterocycles. The van der Waals surface area contributed by atoms with Gasteiger partial charge in [-0.1, -0.05) is 63.0 Å². The molecule has 2 aliphatic heterocycles. The summed E-state index contributed by atoms with van der Waals surface area (Å²) < 4.78 is 0. The summed E-state index contributed by atoms with van der Waals surface area (Å²) in [6.07, 6.45) is 17.2. The van der Waals surface area contributed by atoms with Crippen molar-refractivity contribution >= 4 is 27.4 Å². The van der Waals surface area contributed by atoms with Crippen LogP contribution in [0.25, 0.3) is 0 Å². The maximum absolute atomic E-state index is 6.71. The van der Waals surface area contributed by atoms with Gasteiger partial charge in [0.25, 0.3) is 0 Å². The molecule has 0 aromatic rings. The van der Waals surface area contributed by atoms with Crippen molar-refractivity contribution in [3.63, 3.8) is 0 Å². The van der Waals surface area contributed by atoms with Crippen LogP contribution in [0.4, 0.5) is 0 Å². The molecule has 0 bridgehead atoms. The van der Waals surface area contributed by atoms with Crippen molar-refractivity contribution in [1.82, 2.24) is 9.80 Å². The summed E-state index contributed by atoms with van der Waals surface area (Å²) in [6, 6.07) is 1.68. The Morgan fingerprint density at radius 2 is 1.33 bits per heavy atom. The van der Waals surface area contributed by atoms with Crippen LogP contribution in [0.1, 0.15) is 145 Å². The van der Waals surface area contributed by atoms with Gasteiger partial charge in [-0.15, -0.1) is 0 Å². The zero-order chi connectivity index (χ0) is 30.6. The molecule has 6 heteroatoms. The molecule has 0 aromatic carbocycles. The van der Waals surface area contributed by atoms with E-state index in [-0.39, 0.29) is 11.6 Å². The zero-order valence-corrected chi connectivity index (χ0v) is 28.8. The van der Waals surface area contributed by atoms with Gasteiger partial charge < -0.3 is 9.80 Å².